The highest BCUT2D eigenvalue weighted by Gasteiger charge is 2.24. The molecule has 1 aromatic rings. The third kappa shape index (κ3) is 3.60. The number of aryl methyl sites for hydroxylation is 1. The number of hydrogen-bond acceptors (Lipinski definition) is 2. The molecule has 0 aliphatic heterocycles. The van der Waals surface area contributed by atoms with Gasteiger partial charge in [0.1, 0.15) is 5.75 Å². The van der Waals surface area contributed by atoms with Crippen LogP contribution in [0.2, 0.25) is 0 Å². The van der Waals surface area contributed by atoms with Gasteiger partial charge in [-0.05, 0) is 67.7 Å². The van der Waals surface area contributed by atoms with E-state index in [2.05, 4.69) is 30.4 Å². The van der Waals surface area contributed by atoms with Gasteiger partial charge in [0, 0.05) is 12.1 Å². The molecule has 3 unspecified atom stereocenters. The van der Waals surface area contributed by atoms with E-state index in [1.807, 2.05) is 0 Å². The zero-order valence-electron chi connectivity index (χ0n) is 13.5. The first-order valence-electron chi connectivity index (χ1n) is 8.69. The topological polar surface area (TPSA) is 21.3 Å². The van der Waals surface area contributed by atoms with Crippen molar-refractivity contribution in [2.45, 2.75) is 70.4 Å². The van der Waals surface area contributed by atoms with Crippen LogP contribution in [0.1, 0.15) is 69.0 Å². The molecule has 0 radical (unpaired) electrons. The summed E-state index contributed by atoms with van der Waals surface area (Å²) < 4.78 is 5.37. The normalized spacial score (nSPS) is 29.5. The predicted octanol–water partition coefficient (Wildman–Crippen LogP) is 4.63. The molecule has 1 N–H and O–H groups in total. The van der Waals surface area contributed by atoms with E-state index in [-0.39, 0.29) is 0 Å². The average molecular weight is 287 g/mol. The maximum Gasteiger partial charge on any atom is 0.119 e. The lowest BCUT2D eigenvalue weighted by atomic mass is 9.86. The molecule has 1 saturated carbocycles. The van der Waals surface area contributed by atoms with Gasteiger partial charge in [0.25, 0.3) is 0 Å². The molecule has 3 rings (SSSR count). The molecule has 0 spiro atoms. The summed E-state index contributed by atoms with van der Waals surface area (Å²) in [4.78, 5) is 0. The number of nitrogens with one attached hydrogen (secondary N) is 1. The van der Waals surface area contributed by atoms with Crippen LogP contribution in [0, 0.1) is 5.92 Å². The molecule has 1 fully saturated rings. The Morgan fingerprint density at radius 2 is 1.95 bits per heavy atom. The summed E-state index contributed by atoms with van der Waals surface area (Å²) >= 11 is 0. The molecule has 2 nitrogen and oxygen atoms in total. The van der Waals surface area contributed by atoms with Crippen LogP contribution in [0.15, 0.2) is 18.2 Å². The van der Waals surface area contributed by atoms with Crippen LogP contribution in [0.25, 0.3) is 0 Å². The maximum absolute atomic E-state index is 5.37. The van der Waals surface area contributed by atoms with E-state index >= 15 is 0 Å². The van der Waals surface area contributed by atoms with Crippen molar-refractivity contribution in [3.05, 3.63) is 29.3 Å². The van der Waals surface area contributed by atoms with Crippen LogP contribution in [0.4, 0.5) is 0 Å². The van der Waals surface area contributed by atoms with E-state index in [4.69, 9.17) is 4.74 Å². The first kappa shape index (κ1) is 14.9. The number of ether oxygens (including phenoxy) is 1. The molecule has 2 heteroatoms. The smallest absolute Gasteiger partial charge is 0.119 e. The van der Waals surface area contributed by atoms with Gasteiger partial charge >= 0.3 is 0 Å². The van der Waals surface area contributed by atoms with E-state index in [0.29, 0.717) is 12.1 Å². The van der Waals surface area contributed by atoms with Gasteiger partial charge in [-0.1, -0.05) is 25.8 Å². The molecular weight excluding hydrogens is 258 g/mol. The van der Waals surface area contributed by atoms with Crippen LogP contribution in [-0.4, -0.2) is 13.2 Å². The summed E-state index contributed by atoms with van der Waals surface area (Å²) in [6.07, 6.45) is 10.7. The summed E-state index contributed by atoms with van der Waals surface area (Å²) in [5.41, 5.74) is 3.00. The van der Waals surface area contributed by atoms with Crippen molar-refractivity contribution >= 4 is 0 Å². The first-order chi connectivity index (χ1) is 10.3. The third-order valence-corrected chi connectivity index (χ3v) is 5.36. The highest BCUT2D eigenvalue weighted by atomic mass is 16.5. The lowest BCUT2D eigenvalue weighted by molar-refractivity contribution is 0.363. The van der Waals surface area contributed by atoms with Crippen molar-refractivity contribution in [1.29, 1.82) is 0 Å². The van der Waals surface area contributed by atoms with E-state index in [9.17, 15) is 0 Å². The van der Waals surface area contributed by atoms with Crippen LogP contribution in [0.5, 0.6) is 5.75 Å². The van der Waals surface area contributed by atoms with Gasteiger partial charge in [-0.2, -0.15) is 0 Å². The molecule has 0 bridgehead atoms. The lowest BCUT2D eigenvalue weighted by Gasteiger charge is -2.30. The van der Waals surface area contributed by atoms with Crippen LogP contribution < -0.4 is 10.1 Å². The van der Waals surface area contributed by atoms with Gasteiger partial charge < -0.3 is 10.1 Å². The molecule has 21 heavy (non-hydrogen) atoms. The standard InChI is InChI=1S/C19H29NO/c1-14-5-3-7-16(10-9-14)20-19-8-4-6-15-13-17(21-2)11-12-18(15)19/h11-14,16,19-20H,3-10H2,1-2H3. The minimum atomic E-state index is 0.554. The summed E-state index contributed by atoms with van der Waals surface area (Å²) in [7, 11) is 1.76. The van der Waals surface area contributed by atoms with Crippen molar-refractivity contribution in [1.82, 2.24) is 5.32 Å². The Labute approximate surface area is 129 Å². The van der Waals surface area contributed by atoms with Gasteiger partial charge in [-0.15, -0.1) is 0 Å². The predicted molar refractivity (Wildman–Crippen MR) is 87.8 cm³/mol. The first-order valence-corrected chi connectivity index (χ1v) is 8.69. The maximum atomic E-state index is 5.37. The zero-order valence-corrected chi connectivity index (χ0v) is 13.5. The molecule has 0 amide bonds. The molecule has 2 aliphatic rings. The summed E-state index contributed by atoms with van der Waals surface area (Å²) in [6.45, 7) is 2.41. The Balaban J connectivity index is 1.70. The number of benzene rings is 1. The fourth-order valence-corrected chi connectivity index (χ4v) is 4.03. The van der Waals surface area contributed by atoms with Crippen LogP contribution in [-0.2, 0) is 6.42 Å². The van der Waals surface area contributed by atoms with E-state index in [1.165, 1.54) is 62.5 Å². The Hall–Kier alpha value is -1.02. The van der Waals surface area contributed by atoms with Crippen molar-refractivity contribution in [3.8, 4) is 5.75 Å². The monoisotopic (exact) mass is 287 g/mol. The lowest BCUT2D eigenvalue weighted by Crippen LogP contribution is -2.34. The Bertz CT molecular complexity index is 471. The summed E-state index contributed by atoms with van der Waals surface area (Å²) in [5.74, 6) is 1.91. The molecule has 116 valence electrons. The number of rotatable bonds is 3. The molecule has 0 aromatic heterocycles. The van der Waals surface area contributed by atoms with Gasteiger partial charge in [-0.3, -0.25) is 0 Å². The Morgan fingerprint density at radius 3 is 2.81 bits per heavy atom. The fourth-order valence-electron chi connectivity index (χ4n) is 4.03. The SMILES string of the molecule is COc1ccc2c(c1)CCCC2NC1CCCC(C)CC1. The quantitative estimate of drug-likeness (QED) is 0.818. The second-order valence-corrected chi connectivity index (χ2v) is 6.99. The summed E-state index contributed by atoms with van der Waals surface area (Å²) in [5, 5.41) is 3.97. The fraction of sp³-hybridized carbons (Fsp3) is 0.684. The van der Waals surface area contributed by atoms with E-state index < -0.39 is 0 Å². The molecule has 2 aliphatic carbocycles. The molecule has 1 aromatic carbocycles. The Kier molecular flexibility index (Phi) is 4.84. The molecule has 0 heterocycles. The minimum Gasteiger partial charge on any atom is -0.497 e. The van der Waals surface area contributed by atoms with Crippen molar-refractivity contribution < 1.29 is 4.74 Å². The highest BCUT2D eigenvalue weighted by molar-refractivity contribution is 5.39. The zero-order chi connectivity index (χ0) is 14.7. The van der Waals surface area contributed by atoms with Gasteiger partial charge in [-0.25, -0.2) is 0 Å². The number of hydrogen-bond donors (Lipinski definition) is 1. The van der Waals surface area contributed by atoms with E-state index in [0.717, 1.165) is 11.7 Å². The van der Waals surface area contributed by atoms with Gasteiger partial charge in [0.15, 0.2) is 0 Å². The van der Waals surface area contributed by atoms with Gasteiger partial charge in [0.2, 0.25) is 0 Å². The van der Waals surface area contributed by atoms with Crippen molar-refractivity contribution in [2.24, 2.45) is 5.92 Å². The number of fused-ring (bicyclic) bond motifs is 1. The molecule has 0 saturated heterocycles. The second-order valence-electron chi connectivity index (χ2n) is 6.99. The second kappa shape index (κ2) is 6.83. The minimum absolute atomic E-state index is 0.554. The van der Waals surface area contributed by atoms with Gasteiger partial charge in [0.05, 0.1) is 7.11 Å². The van der Waals surface area contributed by atoms with Crippen molar-refractivity contribution in [3.63, 3.8) is 0 Å². The third-order valence-electron chi connectivity index (χ3n) is 5.36. The molecule has 3 atom stereocenters. The van der Waals surface area contributed by atoms with E-state index in [1.54, 1.807) is 7.11 Å². The Morgan fingerprint density at radius 1 is 1.05 bits per heavy atom. The highest BCUT2D eigenvalue weighted by Crippen LogP contribution is 2.34. The van der Waals surface area contributed by atoms with Crippen molar-refractivity contribution in [2.75, 3.05) is 7.11 Å². The summed E-state index contributed by atoms with van der Waals surface area (Å²) in [6, 6.07) is 7.91. The largest absolute Gasteiger partial charge is 0.497 e. The van der Waals surface area contributed by atoms with Crippen LogP contribution >= 0.6 is 0 Å². The molecular formula is C19H29NO. The average Bonchev–Trinajstić information content (AvgIpc) is 2.72. The number of methoxy groups -OCH3 is 1. The van der Waals surface area contributed by atoms with Crippen LogP contribution in [0.3, 0.4) is 0 Å².